The molecule has 31 heavy (non-hydrogen) atoms. The smallest absolute Gasteiger partial charge is 0.264 e. The van der Waals surface area contributed by atoms with Crippen molar-refractivity contribution >= 4 is 33.2 Å². The van der Waals surface area contributed by atoms with Crippen molar-refractivity contribution < 1.29 is 13.2 Å². The van der Waals surface area contributed by atoms with Gasteiger partial charge in [0.2, 0.25) is 0 Å². The molecule has 1 N–H and O–H groups in total. The molecule has 6 nitrogen and oxygen atoms in total. The molecule has 0 spiro atoms. The fourth-order valence-electron chi connectivity index (χ4n) is 2.99. The van der Waals surface area contributed by atoms with E-state index in [1.54, 1.807) is 36.5 Å². The van der Waals surface area contributed by atoms with E-state index in [2.05, 4.69) is 16.9 Å². The van der Waals surface area contributed by atoms with Crippen molar-refractivity contribution in [2.75, 3.05) is 10.8 Å². The van der Waals surface area contributed by atoms with Crippen molar-refractivity contribution in [2.45, 2.75) is 18.4 Å². The van der Waals surface area contributed by atoms with E-state index in [0.717, 1.165) is 15.6 Å². The van der Waals surface area contributed by atoms with Gasteiger partial charge in [-0.3, -0.25) is 14.1 Å². The third-order valence-corrected chi connectivity index (χ3v) is 6.73. The van der Waals surface area contributed by atoms with Crippen LogP contribution >= 0.6 is 11.6 Å². The molecule has 0 aliphatic rings. The van der Waals surface area contributed by atoms with Crippen LogP contribution in [-0.4, -0.2) is 25.9 Å². The number of amides is 1. The summed E-state index contributed by atoms with van der Waals surface area (Å²) < 4.78 is 27.9. The zero-order valence-electron chi connectivity index (χ0n) is 17.0. The number of hydrogen-bond acceptors (Lipinski definition) is 4. The lowest BCUT2D eigenvalue weighted by atomic mass is 10.2. The van der Waals surface area contributed by atoms with Gasteiger partial charge in [0, 0.05) is 11.8 Å². The summed E-state index contributed by atoms with van der Waals surface area (Å²) in [5, 5.41) is 3.08. The summed E-state index contributed by atoms with van der Waals surface area (Å²) >= 11 is 6.23. The number of sulfonamides is 1. The minimum Gasteiger partial charge on any atom is -0.346 e. The van der Waals surface area contributed by atoms with E-state index < -0.39 is 15.9 Å². The van der Waals surface area contributed by atoms with Crippen LogP contribution in [0.1, 0.15) is 21.6 Å². The minimum absolute atomic E-state index is 0.0177. The van der Waals surface area contributed by atoms with Gasteiger partial charge in [-0.15, -0.1) is 6.58 Å². The monoisotopic (exact) mass is 455 g/mol. The maximum absolute atomic E-state index is 13.4. The minimum atomic E-state index is -3.98. The molecule has 1 aromatic heterocycles. The number of hydrogen-bond donors (Lipinski definition) is 1. The van der Waals surface area contributed by atoms with E-state index in [4.69, 9.17) is 11.6 Å². The average Bonchev–Trinajstić information content (AvgIpc) is 2.77. The highest BCUT2D eigenvalue weighted by Gasteiger charge is 2.26. The third-order valence-electron chi connectivity index (χ3n) is 4.63. The standard InChI is InChI=1S/C23H22ClN3O3S/c1-3-14-27(22-12-5-4-11-20(22)24)31(29,30)19-10-6-9-18(15-19)23(28)26-16-21-17(2)8-7-13-25-21/h3-13,15H,1,14,16H2,2H3,(H,26,28). The van der Waals surface area contributed by atoms with Gasteiger partial charge in [0.1, 0.15) is 0 Å². The van der Waals surface area contributed by atoms with Gasteiger partial charge >= 0.3 is 0 Å². The number of benzene rings is 2. The first-order valence-electron chi connectivity index (χ1n) is 9.51. The summed E-state index contributed by atoms with van der Waals surface area (Å²) in [5.74, 6) is -0.393. The number of nitrogens with one attached hydrogen (secondary N) is 1. The Labute approximate surface area is 187 Å². The second-order valence-corrected chi connectivity index (χ2v) is 9.02. The van der Waals surface area contributed by atoms with E-state index in [1.165, 1.54) is 24.3 Å². The van der Waals surface area contributed by atoms with Crippen LogP contribution in [0.2, 0.25) is 5.02 Å². The van der Waals surface area contributed by atoms with Crippen molar-refractivity contribution in [3.63, 3.8) is 0 Å². The molecular formula is C23H22ClN3O3S. The number of aromatic nitrogens is 1. The van der Waals surface area contributed by atoms with Crippen molar-refractivity contribution in [3.8, 4) is 0 Å². The Kier molecular flexibility index (Phi) is 7.09. The lowest BCUT2D eigenvalue weighted by Gasteiger charge is -2.24. The second kappa shape index (κ2) is 9.76. The Morgan fingerprint density at radius 1 is 1.16 bits per heavy atom. The van der Waals surface area contributed by atoms with Crippen LogP contribution in [0.15, 0.2) is 84.4 Å². The topological polar surface area (TPSA) is 79.4 Å². The molecule has 0 atom stereocenters. The zero-order chi connectivity index (χ0) is 22.4. The molecule has 0 aliphatic carbocycles. The predicted octanol–water partition coefficient (Wildman–Crippen LogP) is 4.35. The number of aryl methyl sites for hydroxylation is 1. The first-order valence-corrected chi connectivity index (χ1v) is 11.3. The molecule has 2 aromatic carbocycles. The van der Waals surface area contributed by atoms with Crippen molar-refractivity contribution in [3.05, 3.63) is 101 Å². The van der Waals surface area contributed by atoms with E-state index in [0.29, 0.717) is 10.7 Å². The summed E-state index contributed by atoms with van der Waals surface area (Å²) in [6, 6.07) is 16.3. The second-order valence-electron chi connectivity index (χ2n) is 6.75. The summed E-state index contributed by atoms with van der Waals surface area (Å²) in [6.45, 7) is 5.83. The van der Waals surface area contributed by atoms with Gasteiger partial charge in [0.25, 0.3) is 15.9 Å². The van der Waals surface area contributed by atoms with Gasteiger partial charge in [0.15, 0.2) is 0 Å². The van der Waals surface area contributed by atoms with Crippen LogP contribution in [0.5, 0.6) is 0 Å². The Morgan fingerprint density at radius 2 is 1.94 bits per heavy atom. The molecule has 0 bridgehead atoms. The highest BCUT2D eigenvalue weighted by Crippen LogP contribution is 2.30. The van der Waals surface area contributed by atoms with Gasteiger partial charge in [-0.25, -0.2) is 8.42 Å². The molecule has 0 unspecified atom stereocenters. The zero-order valence-corrected chi connectivity index (χ0v) is 18.5. The predicted molar refractivity (Wildman–Crippen MR) is 123 cm³/mol. The number of carbonyl (C=O) groups excluding carboxylic acids is 1. The maximum atomic E-state index is 13.4. The van der Waals surface area contributed by atoms with E-state index in [-0.39, 0.29) is 23.5 Å². The summed E-state index contributed by atoms with van der Waals surface area (Å²) in [5.41, 5.74) is 2.27. The lowest BCUT2D eigenvalue weighted by Crippen LogP contribution is -2.32. The van der Waals surface area contributed by atoms with E-state index in [1.807, 2.05) is 19.1 Å². The van der Waals surface area contributed by atoms with Gasteiger partial charge in [-0.1, -0.05) is 41.9 Å². The number of anilines is 1. The van der Waals surface area contributed by atoms with Crippen molar-refractivity contribution in [2.24, 2.45) is 0 Å². The average molecular weight is 456 g/mol. The molecule has 0 fully saturated rings. The van der Waals surface area contributed by atoms with E-state index in [9.17, 15) is 13.2 Å². The Hall–Kier alpha value is -3.16. The van der Waals surface area contributed by atoms with Gasteiger partial charge < -0.3 is 5.32 Å². The van der Waals surface area contributed by atoms with Crippen molar-refractivity contribution in [1.29, 1.82) is 0 Å². The molecule has 0 saturated carbocycles. The number of carbonyl (C=O) groups is 1. The van der Waals surface area contributed by atoms with Gasteiger partial charge in [0.05, 0.1) is 34.4 Å². The first kappa shape index (κ1) is 22.5. The summed E-state index contributed by atoms with van der Waals surface area (Å²) in [6.07, 6.45) is 3.14. The number of nitrogens with zero attached hydrogens (tertiary/aromatic N) is 2. The summed E-state index contributed by atoms with van der Waals surface area (Å²) in [4.78, 5) is 16.9. The van der Waals surface area contributed by atoms with Gasteiger partial charge in [-0.2, -0.15) is 0 Å². The van der Waals surface area contributed by atoms with Crippen LogP contribution in [-0.2, 0) is 16.6 Å². The van der Waals surface area contributed by atoms with Crippen LogP contribution in [0, 0.1) is 6.92 Å². The van der Waals surface area contributed by atoms with Crippen LogP contribution < -0.4 is 9.62 Å². The third kappa shape index (κ3) is 5.13. The van der Waals surface area contributed by atoms with Crippen LogP contribution in [0.3, 0.4) is 0 Å². The normalized spacial score (nSPS) is 11.0. The molecular weight excluding hydrogens is 434 g/mol. The molecule has 0 radical (unpaired) electrons. The largest absolute Gasteiger partial charge is 0.346 e. The number of para-hydroxylation sites is 1. The maximum Gasteiger partial charge on any atom is 0.264 e. The number of halogens is 1. The molecule has 0 saturated heterocycles. The molecule has 0 aliphatic heterocycles. The highest BCUT2D eigenvalue weighted by molar-refractivity contribution is 7.92. The summed E-state index contributed by atoms with van der Waals surface area (Å²) in [7, 11) is -3.98. The van der Waals surface area contributed by atoms with Crippen molar-refractivity contribution in [1.82, 2.24) is 10.3 Å². The SMILES string of the molecule is C=CCN(c1ccccc1Cl)S(=O)(=O)c1cccc(C(=O)NCc2ncccc2C)c1. The Balaban J connectivity index is 1.88. The van der Waals surface area contributed by atoms with Gasteiger partial charge in [-0.05, 0) is 48.9 Å². The fraction of sp³-hybridized carbons (Fsp3) is 0.130. The molecule has 1 amide bonds. The highest BCUT2D eigenvalue weighted by atomic mass is 35.5. The fourth-order valence-corrected chi connectivity index (χ4v) is 4.78. The van der Waals surface area contributed by atoms with Crippen LogP contribution in [0.25, 0.3) is 0 Å². The lowest BCUT2D eigenvalue weighted by molar-refractivity contribution is 0.0950. The van der Waals surface area contributed by atoms with Crippen LogP contribution in [0.4, 0.5) is 5.69 Å². The molecule has 1 heterocycles. The first-order chi connectivity index (χ1) is 14.8. The Bertz CT molecular complexity index is 1210. The quantitative estimate of drug-likeness (QED) is 0.512. The Morgan fingerprint density at radius 3 is 2.65 bits per heavy atom. The molecule has 160 valence electrons. The molecule has 3 aromatic rings. The van der Waals surface area contributed by atoms with E-state index >= 15 is 0 Å². The number of rotatable bonds is 8. The molecule has 8 heteroatoms. The molecule has 3 rings (SSSR count). The number of pyridine rings is 1.